The minimum atomic E-state index is -0.618. The van der Waals surface area contributed by atoms with Crippen LogP contribution >= 0.6 is 0 Å². The molecule has 3 rings (SSSR count). The smallest absolute Gasteiger partial charge is 0.255 e. The molecule has 1 aromatic carbocycles. The molecule has 1 saturated heterocycles. The van der Waals surface area contributed by atoms with Crippen molar-refractivity contribution in [1.82, 2.24) is 15.5 Å². The first kappa shape index (κ1) is 18.2. The SMILES string of the molecule is CC(NC(=O)c1ccoc1)C(=O)NCC(c1ccccc1)N1CCCC1. The van der Waals surface area contributed by atoms with E-state index in [1.807, 2.05) is 18.2 Å². The summed E-state index contributed by atoms with van der Waals surface area (Å²) in [4.78, 5) is 26.9. The van der Waals surface area contributed by atoms with Gasteiger partial charge in [-0.1, -0.05) is 30.3 Å². The Kier molecular flexibility index (Phi) is 6.07. The summed E-state index contributed by atoms with van der Waals surface area (Å²) in [7, 11) is 0. The van der Waals surface area contributed by atoms with Gasteiger partial charge in [0.2, 0.25) is 5.91 Å². The van der Waals surface area contributed by atoms with Crippen LogP contribution in [0.1, 0.15) is 41.7 Å². The summed E-state index contributed by atoms with van der Waals surface area (Å²) < 4.78 is 4.90. The number of benzene rings is 1. The Balaban J connectivity index is 1.57. The predicted octanol–water partition coefficient (Wildman–Crippen LogP) is 2.35. The molecule has 0 radical (unpaired) electrons. The first-order valence-electron chi connectivity index (χ1n) is 9.05. The van der Waals surface area contributed by atoms with Gasteiger partial charge in [0, 0.05) is 6.54 Å². The largest absolute Gasteiger partial charge is 0.472 e. The van der Waals surface area contributed by atoms with Crippen LogP contribution in [0.5, 0.6) is 0 Å². The van der Waals surface area contributed by atoms with Gasteiger partial charge >= 0.3 is 0 Å². The molecule has 6 heteroatoms. The molecule has 0 bridgehead atoms. The van der Waals surface area contributed by atoms with E-state index in [2.05, 4.69) is 27.7 Å². The van der Waals surface area contributed by atoms with E-state index < -0.39 is 6.04 Å². The van der Waals surface area contributed by atoms with Crippen LogP contribution in [-0.4, -0.2) is 42.4 Å². The molecule has 6 nitrogen and oxygen atoms in total. The molecule has 2 amide bonds. The van der Waals surface area contributed by atoms with Gasteiger partial charge in [-0.15, -0.1) is 0 Å². The number of carbonyl (C=O) groups is 2. The summed E-state index contributed by atoms with van der Waals surface area (Å²) in [6.07, 6.45) is 5.17. The molecule has 1 fully saturated rings. The van der Waals surface area contributed by atoms with Gasteiger partial charge in [-0.3, -0.25) is 14.5 Å². The van der Waals surface area contributed by atoms with Crippen molar-refractivity contribution in [3.8, 4) is 0 Å². The summed E-state index contributed by atoms with van der Waals surface area (Å²) in [5, 5.41) is 5.68. The lowest BCUT2D eigenvalue weighted by atomic mass is 10.1. The number of hydrogen-bond donors (Lipinski definition) is 2. The summed E-state index contributed by atoms with van der Waals surface area (Å²) in [6.45, 7) is 4.29. The number of furan rings is 1. The lowest BCUT2D eigenvalue weighted by Crippen LogP contribution is -2.47. The van der Waals surface area contributed by atoms with Gasteiger partial charge in [0.25, 0.3) is 5.91 Å². The average Bonchev–Trinajstić information content (AvgIpc) is 3.36. The third-order valence-electron chi connectivity index (χ3n) is 4.76. The summed E-state index contributed by atoms with van der Waals surface area (Å²) in [5.41, 5.74) is 1.61. The fourth-order valence-corrected chi connectivity index (χ4v) is 3.28. The van der Waals surface area contributed by atoms with Gasteiger partial charge in [0.15, 0.2) is 0 Å². The minimum absolute atomic E-state index is 0.152. The van der Waals surface area contributed by atoms with E-state index >= 15 is 0 Å². The van der Waals surface area contributed by atoms with Crippen molar-refractivity contribution >= 4 is 11.8 Å². The fraction of sp³-hybridized carbons (Fsp3) is 0.400. The van der Waals surface area contributed by atoms with Crippen molar-refractivity contribution in [2.75, 3.05) is 19.6 Å². The molecule has 138 valence electrons. The topological polar surface area (TPSA) is 74.6 Å². The average molecular weight is 355 g/mol. The summed E-state index contributed by atoms with van der Waals surface area (Å²) >= 11 is 0. The monoisotopic (exact) mass is 355 g/mol. The van der Waals surface area contributed by atoms with Crippen LogP contribution in [0.3, 0.4) is 0 Å². The zero-order valence-corrected chi connectivity index (χ0v) is 15.0. The molecular weight excluding hydrogens is 330 g/mol. The van der Waals surface area contributed by atoms with E-state index in [0.29, 0.717) is 12.1 Å². The van der Waals surface area contributed by atoms with Crippen LogP contribution in [0.2, 0.25) is 0 Å². The first-order chi connectivity index (χ1) is 12.6. The van der Waals surface area contributed by atoms with Crippen molar-refractivity contribution < 1.29 is 14.0 Å². The highest BCUT2D eigenvalue weighted by Gasteiger charge is 2.25. The highest BCUT2D eigenvalue weighted by molar-refractivity contribution is 5.97. The maximum atomic E-state index is 12.4. The van der Waals surface area contributed by atoms with Crippen LogP contribution in [-0.2, 0) is 4.79 Å². The molecule has 0 aliphatic carbocycles. The van der Waals surface area contributed by atoms with Gasteiger partial charge in [-0.2, -0.15) is 0 Å². The van der Waals surface area contributed by atoms with E-state index in [4.69, 9.17) is 4.42 Å². The molecule has 2 N–H and O–H groups in total. The third kappa shape index (κ3) is 4.52. The van der Waals surface area contributed by atoms with E-state index in [9.17, 15) is 9.59 Å². The molecule has 0 saturated carbocycles. The summed E-state index contributed by atoms with van der Waals surface area (Å²) in [5.74, 6) is -0.512. The molecule has 2 heterocycles. The quantitative estimate of drug-likeness (QED) is 0.799. The fourth-order valence-electron chi connectivity index (χ4n) is 3.28. The number of nitrogens with one attached hydrogen (secondary N) is 2. The van der Waals surface area contributed by atoms with E-state index in [0.717, 1.165) is 13.1 Å². The highest BCUT2D eigenvalue weighted by Crippen LogP contribution is 2.24. The van der Waals surface area contributed by atoms with Crippen LogP contribution in [0.4, 0.5) is 0 Å². The summed E-state index contributed by atoms with van der Waals surface area (Å²) in [6, 6.07) is 11.3. The van der Waals surface area contributed by atoms with Crippen LogP contribution < -0.4 is 10.6 Å². The van der Waals surface area contributed by atoms with Gasteiger partial charge in [0.05, 0.1) is 17.9 Å². The van der Waals surface area contributed by atoms with Gasteiger partial charge in [-0.05, 0) is 44.5 Å². The van der Waals surface area contributed by atoms with Crippen molar-refractivity contribution in [3.05, 3.63) is 60.1 Å². The van der Waals surface area contributed by atoms with E-state index in [1.54, 1.807) is 13.0 Å². The number of carbonyl (C=O) groups excluding carboxylic acids is 2. The van der Waals surface area contributed by atoms with E-state index in [-0.39, 0.29) is 17.9 Å². The number of amides is 2. The molecule has 2 aromatic rings. The predicted molar refractivity (Wildman–Crippen MR) is 98.6 cm³/mol. The maximum absolute atomic E-state index is 12.4. The van der Waals surface area contributed by atoms with Crippen LogP contribution in [0, 0.1) is 0 Å². The molecule has 26 heavy (non-hydrogen) atoms. The number of likely N-dealkylation sites (tertiary alicyclic amines) is 1. The second kappa shape index (κ2) is 8.67. The molecule has 0 spiro atoms. The Labute approximate surface area is 153 Å². The molecule has 2 unspecified atom stereocenters. The van der Waals surface area contributed by atoms with Crippen LogP contribution in [0.15, 0.2) is 53.3 Å². The lowest BCUT2D eigenvalue weighted by Gasteiger charge is -2.28. The standard InChI is InChI=1S/C20H25N3O3/c1-15(22-20(25)17-9-12-26-14-17)19(24)21-13-18(23-10-5-6-11-23)16-7-3-2-4-8-16/h2-4,7-9,12,14-15,18H,5-6,10-11,13H2,1H3,(H,21,24)(H,22,25). The van der Waals surface area contributed by atoms with Crippen molar-refractivity contribution in [1.29, 1.82) is 0 Å². The van der Waals surface area contributed by atoms with Crippen molar-refractivity contribution in [3.63, 3.8) is 0 Å². The zero-order chi connectivity index (χ0) is 18.4. The van der Waals surface area contributed by atoms with Gasteiger partial charge in [-0.25, -0.2) is 0 Å². The lowest BCUT2D eigenvalue weighted by molar-refractivity contribution is -0.122. The number of rotatable bonds is 7. The Morgan fingerprint density at radius 2 is 1.88 bits per heavy atom. The van der Waals surface area contributed by atoms with Crippen LogP contribution in [0.25, 0.3) is 0 Å². The Bertz CT molecular complexity index is 709. The molecular formula is C20H25N3O3. The molecule has 2 atom stereocenters. The molecule has 1 aliphatic rings. The Morgan fingerprint density at radius 1 is 1.15 bits per heavy atom. The number of hydrogen-bond acceptors (Lipinski definition) is 4. The Hall–Kier alpha value is -2.60. The van der Waals surface area contributed by atoms with Gasteiger partial charge in [0.1, 0.15) is 12.3 Å². The van der Waals surface area contributed by atoms with Crippen molar-refractivity contribution in [2.24, 2.45) is 0 Å². The number of nitrogens with zero attached hydrogens (tertiary/aromatic N) is 1. The normalized spacial score (nSPS) is 16.8. The first-order valence-corrected chi connectivity index (χ1v) is 9.05. The minimum Gasteiger partial charge on any atom is -0.472 e. The second-order valence-corrected chi connectivity index (χ2v) is 6.62. The third-order valence-corrected chi connectivity index (χ3v) is 4.76. The molecule has 1 aromatic heterocycles. The van der Waals surface area contributed by atoms with Gasteiger partial charge < -0.3 is 15.1 Å². The maximum Gasteiger partial charge on any atom is 0.255 e. The highest BCUT2D eigenvalue weighted by atomic mass is 16.3. The molecule has 1 aliphatic heterocycles. The van der Waals surface area contributed by atoms with Crippen molar-refractivity contribution in [2.45, 2.75) is 31.8 Å². The Morgan fingerprint density at radius 3 is 2.54 bits per heavy atom. The zero-order valence-electron chi connectivity index (χ0n) is 15.0. The second-order valence-electron chi connectivity index (χ2n) is 6.62. The van der Waals surface area contributed by atoms with E-state index in [1.165, 1.54) is 30.9 Å².